The fraction of sp³-hybridized carbons (Fsp3) is 0.571. The summed E-state index contributed by atoms with van der Waals surface area (Å²) in [5, 5.41) is 17.0. The number of aryl methyl sites for hydroxylation is 1. The SMILES string of the molecule is Cc1[nH]cnc1CNC1CCCc2c1cnn2CCO. The highest BCUT2D eigenvalue weighted by Crippen LogP contribution is 2.29. The van der Waals surface area contributed by atoms with Crippen LogP contribution in [-0.4, -0.2) is 31.5 Å². The van der Waals surface area contributed by atoms with Crippen LogP contribution in [0.4, 0.5) is 0 Å². The number of aromatic nitrogens is 4. The summed E-state index contributed by atoms with van der Waals surface area (Å²) in [6.45, 7) is 3.53. The largest absolute Gasteiger partial charge is 0.394 e. The summed E-state index contributed by atoms with van der Waals surface area (Å²) in [5.41, 5.74) is 4.73. The van der Waals surface area contributed by atoms with Crippen LogP contribution in [0.25, 0.3) is 0 Å². The average Bonchev–Trinajstić information content (AvgIpc) is 3.04. The molecule has 1 aliphatic carbocycles. The van der Waals surface area contributed by atoms with E-state index in [2.05, 4.69) is 20.4 Å². The van der Waals surface area contributed by atoms with Gasteiger partial charge in [-0.25, -0.2) is 4.98 Å². The molecule has 0 spiro atoms. The summed E-state index contributed by atoms with van der Waals surface area (Å²) >= 11 is 0. The Kier molecular flexibility index (Phi) is 3.84. The van der Waals surface area contributed by atoms with E-state index in [0.717, 1.165) is 37.2 Å². The molecule has 3 rings (SSSR count). The van der Waals surface area contributed by atoms with E-state index in [0.29, 0.717) is 12.6 Å². The molecule has 6 heteroatoms. The number of nitrogens with zero attached hydrogens (tertiary/aromatic N) is 3. The van der Waals surface area contributed by atoms with Gasteiger partial charge in [0, 0.05) is 29.5 Å². The minimum absolute atomic E-state index is 0.138. The van der Waals surface area contributed by atoms with Gasteiger partial charge in [-0.2, -0.15) is 5.10 Å². The van der Waals surface area contributed by atoms with Crippen molar-refractivity contribution in [2.45, 2.75) is 45.3 Å². The van der Waals surface area contributed by atoms with Crippen molar-refractivity contribution in [3.8, 4) is 0 Å². The predicted molar refractivity (Wildman–Crippen MR) is 75.2 cm³/mol. The second-order valence-corrected chi connectivity index (χ2v) is 5.29. The van der Waals surface area contributed by atoms with Gasteiger partial charge in [0.15, 0.2) is 0 Å². The molecule has 0 fully saturated rings. The molecule has 3 N–H and O–H groups in total. The van der Waals surface area contributed by atoms with Crippen LogP contribution >= 0.6 is 0 Å². The van der Waals surface area contributed by atoms with Crippen molar-refractivity contribution in [2.75, 3.05) is 6.61 Å². The van der Waals surface area contributed by atoms with Crippen LogP contribution in [0, 0.1) is 6.92 Å². The van der Waals surface area contributed by atoms with E-state index in [4.69, 9.17) is 5.11 Å². The number of hydrogen-bond acceptors (Lipinski definition) is 4. The van der Waals surface area contributed by atoms with Crippen molar-refractivity contribution in [1.82, 2.24) is 25.1 Å². The highest BCUT2D eigenvalue weighted by Gasteiger charge is 2.23. The van der Waals surface area contributed by atoms with Gasteiger partial charge in [0.25, 0.3) is 0 Å². The van der Waals surface area contributed by atoms with Gasteiger partial charge in [0.2, 0.25) is 0 Å². The third kappa shape index (κ3) is 2.48. The molecule has 1 atom stereocenters. The number of rotatable bonds is 5. The molecule has 6 nitrogen and oxygen atoms in total. The molecule has 1 unspecified atom stereocenters. The molecule has 0 bridgehead atoms. The van der Waals surface area contributed by atoms with Crippen molar-refractivity contribution >= 4 is 0 Å². The lowest BCUT2D eigenvalue weighted by atomic mass is 9.93. The van der Waals surface area contributed by atoms with Crippen LogP contribution in [0.15, 0.2) is 12.5 Å². The lowest BCUT2D eigenvalue weighted by Crippen LogP contribution is -2.25. The van der Waals surface area contributed by atoms with E-state index in [-0.39, 0.29) is 6.61 Å². The highest BCUT2D eigenvalue weighted by atomic mass is 16.3. The molecule has 0 aliphatic heterocycles. The van der Waals surface area contributed by atoms with E-state index in [1.165, 1.54) is 11.3 Å². The lowest BCUT2D eigenvalue weighted by molar-refractivity contribution is 0.266. The smallest absolute Gasteiger partial charge is 0.0925 e. The maximum absolute atomic E-state index is 9.08. The molecular formula is C14H21N5O. The first-order valence-electron chi connectivity index (χ1n) is 7.17. The third-order valence-electron chi connectivity index (χ3n) is 4.02. The van der Waals surface area contributed by atoms with Crippen LogP contribution < -0.4 is 5.32 Å². The Labute approximate surface area is 118 Å². The Balaban J connectivity index is 1.72. The second kappa shape index (κ2) is 5.76. The molecule has 0 saturated carbocycles. The zero-order valence-electron chi connectivity index (χ0n) is 11.8. The number of nitrogens with one attached hydrogen (secondary N) is 2. The van der Waals surface area contributed by atoms with Crippen molar-refractivity contribution in [2.24, 2.45) is 0 Å². The third-order valence-corrected chi connectivity index (χ3v) is 4.02. The Morgan fingerprint density at radius 1 is 1.55 bits per heavy atom. The second-order valence-electron chi connectivity index (χ2n) is 5.29. The number of aromatic amines is 1. The number of imidazole rings is 1. The van der Waals surface area contributed by atoms with Gasteiger partial charge in [-0.15, -0.1) is 0 Å². The standard InChI is InChI=1S/C14H21N5O/c1-10-13(17-9-16-10)8-15-12-3-2-4-14-11(12)7-18-19(14)5-6-20/h7,9,12,15,20H,2-6,8H2,1H3,(H,16,17). The minimum Gasteiger partial charge on any atom is -0.394 e. The Bertz CT molecular complexity index is 574. The molecular weight excluding hydrogens is 254 g/mol. The normalized spacial score (nSPS) is 18.2. The summed E-state index contributed by atoms with van der Waals surface area (Å²) in [7, 11) is 0. The van der Waals surface area contributed by atoms with Gasteiger partial charge in [-0.1, -0.05) is 0 Å². The maximum atomic E-state index is 9.08. The Morgan fingerprint density at radius 2 is 2.45 bits per heavy atom. The molecule has 0 radical (unpaired) electrons. The van der Waals surface area contributed by atoms with Crippen molar-refractivity contribution < 1.29 is 5.11 Å². The Hall–Kier alpha value is -1.66. The fourth-order valence-corrected chi connectivity index (χ4v) is 2.90. The van der Waals surface area contributed by atoms with Crippen LogP contribution in [0.5, 0.6) is 0 Å². The molecule has 0 amide bonds. The number of aliphatic hydroxyl groups is 1. The summed E-state index contributed by atoms with van der Waals surface area (Å²) < 4.78 is 1.93. The van der Waals surface area contributed by atoms with Gasteiger partial charge in [-0.3, -0.25) is 4.68 Å². The molecule has 108 valence electrons. The van der Waals surface area contributed by atoms with Crippen LogP contribution in [-0.2, 0) is 19.5 Å². The summed E-state index contributed by atoms with van der Waals surface area (Å²) in [6, 6.07) is 0.335. The minimum atomic E-state index is 0.138. The van der Waals surface area contributed by atoms with Crippen molar-refractivity contribution in [3.63, 3.8) is 0 Å². The van der Waals surface area contributed by atoms with E-state index >= 15 is 0 Å². The van der Waals surface area contributed by atoms with Crippen LogP contribution in [0.2, 0.25) is 0 Å². The number of H-pyrrole nitrogens is 1. The predicted octanol–water partition coefficient (Wildman–Crippen LogP) is 1.07. The van der Waals surface area contributed by atoms with Gasteiger partial charge in [-0.05, 0) is 26.2 Å². The average molecular weight is 275 g/mol. The zero-order chi connectivity index (χ0) is 13.9. The molecule has 1 aliphatic rings. The first-order valence-corrected chi connectivity index (χ1v) is 7.17. The number of fused-ring (bicyclic) bond motifs is 1. The molecule has 2 aromatic heterocycles. The van der Waals surface area contributed by atoms with Gasteiger partial charge in [0.05, 0.1) is 31.4 Å². The highest BCUT2D eigenvalue weighted by molar-refractivity contribution is 5.25. The van der Waals surface area contributed by atoms with Crippen molar-refractivity contribution in [3.05, 3.63) is 35.2 Å². The fourth-order valence-electron chi connectivity index (χ4n) is 2.90. The van der Waals surface area contributed by atoms with E-state index in [1.54, 1.807) is 6.33 Å². The summed E-state index contributed by atoms with van der Waals surface area (Å²) in [5.74, 6) is 0. The van der Waals surface area contributed by atoms with E-state index in [1.807, 2.05) is 17.8 Å². The Morgan fingerprint density at radius 3 is 3.20 bits per heavy atom. The van der Waals surface area contributed by atoms with E-state index < -0.39 is 0 Å². The van der Waals surface area contributed by atoms with Gasteiger partial charge < -0.3 is 15.4 Å². The number of aliphatic hydroxyl groups excluding tert-OH is 1. The molecule has 2 heterocycles. The first kappa shape index (κ1) is 13.3. The van der Waals surface area contributed by atoms with Crippen LogP contribution in [0.3, 0.4) is 0 Å². The van der Waals surface area contributed by atoms with Gasteiger partial charge in [0.1, 0.15) is 0 Å². The zero-order valence-corrected chi connectivity index (χ0v) is 11.8. The lowest BCUT2D eigenvalue weighted by Gasteiger charge is -2.24. The summed E-state index contributed by atoms with van der Waals surface area (Å²) in [4.78, 5) is 7.42. The van der Waals surface area contributed by atoms with Gasteiger partial charge >= 0.3 is 0 Å². The summed E-state index contributed by atoms with van der Waals surface area (Å²) in [6.07, 6.45) is 7.01. The molecule has 0 saturated heterocycles. The molecule has 2 aromatic rings. The first-order chi connectivity index (χ1) is 9.79. The maximum Gasteiger partial charge on any atom is 0.0925 e. The monoisotopic (exact) mass is 275 g/mol. The quantitative estimate of drug-likeness (QED) is 0.763. The molecule has 0 aromatic carbocycles. The topological polar surface area (TPSA) is 78.8 Å². The van der Waals surface area contributed by atoms with E-state index in [9.17, 15) is 0 Å². The van der Waals surface area contributed by atoms with Crippen molar-refractivity contribution in [1.29, 1.82) is 0 Å². The number of hydrogen-bond donors (Lipinski definition) is 3. The van der Waals surface area contributed by atoms with Crippen LogP contribution in [0.1, 0.15) is 41.5 Å². The molecule has 20 heavy (non-hydrogen) atoms.